The molecule has 0 atom stereocenters. The second-order valence-electron chi connectivity index (χ2n) is 5.66. The second-order valence-corrected chi connectivity index (χ2v) is 6.60. The Hall–Kier alpha value is -1.79. The summed E-state index contributed by atoms with van der Waals surface area (Å²) in [6, 6.07) is 9.74. The molecule has 0 aliphatic carbocycles. The van der Waals surface area contributed by atoms with Crippen LogP contribution in [0.15, 0.2) is 35.5 Å². The van der Waals surface area contributed by atoms with Crippen molar-refractivity contribution in [2.45, 2.75) is 51.9 Å². The molecule has 2 aromatic rings. The zero-order valence-corrected chi connectivity index (χ0v) is 15.4. The lowest BCUT2D eigenvalue weighted by Gasteiger charge is -2.09. The average molecular weight is 347 g/mol. The van der Waals surface area contributed by atoms with E-state index in [4.69, 9.17) is 4.84 Å². The van der Waals surface area contributed by atoms with Crippen molar-refractivity contribution in [2.24, 2.45) is 0 Å². The van der Waals surface area contributed by atoms with Crippen molar-refractivity contribution in [3.63, 3.8) is 0 Å². The second kappa shape index (κ2) is 9.49. The van der Waals surface area contributed by atoms with Gasteiger partial charge in [-0.3, -0.25) is 9.63 Å². The Balaban J connectivity index is 1.80. The number of rotatable bonds is 9. The topological polar surface area (TPSA) is 56.2 Å². The lowest BCUT2D eigenvalue weighted by atomic mass is 10.2. The number of hydrogen-bond donors (Lipinski definition) is 1. The minimum atomic E-state index is -0.156. The molecule has 5 nitrogen and oxygen atoms in total. The fourth-order valence-electron chi connectivity index (χ4n) is 2.25. The van der Waals surface area contributed by atoms with Crippen molar-refractivity contribution in [1.29, 1.82) is 0 Å². The van der Waals surface area contributed by atoms with Crippen LogP contribution in [-0.4, -0.2) is 21.2 Å². The minimum absolute atomic E-state index is 0.156. The fourth-order valence-corrected chi connectivity index (χ4v) is 3.15. The van der Waals surface area contributed by atoms with Crippen LogP contribution in [-0.2, 0) is 22.8 Å². The molecule has 130 valence electrons. The molecule has 1 heterocycles. The summed E-state index contributed by atoms with van der Waals surface area (Å²) in [5, 5.41) is 0.900. The maximum Gasteiger partial charge on any atom is 0.254 e. The van der Waals surface area contributed by atoms with E-state index < -0.39 is 0 Å². The van der Waals surface area contributed by atoms with Crippen LogP contribution in [0.1, 0.15) is 36.7 Å². The minimum Gasteiger partial charge on any atom is -0.323 e. The van der Waals surface area contributed by atoms with Crippen molar-refractivity contribution in [3.05, 3.63) is 47.3 Å². The quantitative estimate of drug-likeness (QED) is 0.556. The van der Waals surface area contributed by atoms with Gasteiger partial charge in [-0.25, -0.2) is 10.5 Å². The molecule has 0 aliphatic rings. The van der Waals surface area contributed by atoms with Gasteiger partial charge in [-0.2, -0.15) is 0 Å². The van der Waals surface area contributed by atoms with Gasteiger partial charge in [-0.05, 0) is 25.8 Å². The standard InChI is InChI=1S/C18H25N3O2S/c1-4-5-11-21-15(3)14(2)19-18(21)24-13-17(22)20-23-12-16-9-7-6-8-10-16/h6-10H,4-5,11-13H2,1-3H3,(H,20,22). The molecule has 1 aromatic heterocycles. The Kier molecular flexibility index (Phi) is 7.34. The average Bonchev–Trinajstić information content (AvgIpc) is 2.86. The van der Waals surface area contributed by atoms with E-state index in [-0.39, 0.29) is 11.7 Å². The summed E-state index contributed by atoms with van der Waals surface area (Å²) in [5.41, 5.74) is 5.70. The van der Waals surface area contributed by atoms with Crippen molar-refractivity contribution >= 4 is 17.7 Å². The lowest BCUT2D eigenvalue weighted by Crippen LogP contribution is -2.25. The number of carbonyl (C=O) groups excluding carboxylic acids is 1. The van der Waals surface area contributed by atoms with Crippen molar-refractivity contribution < 1.29 is 9.63 Å². The molecule has 1 N–H and O–H groups in total. The number of carbonyl (C=O) groups is 1. The smallest absolute Gasteiger partial charge is 0.254 e. The van der Waals surface area contributed by atoms with E-state index in [0.29, 0.717) is 6.61 Å². The van der Waals surface area contributed by atoms with Crippen LogP contribution in [0.3, 0.4) is 0 Å². The van der Waals surface area contributed by atoms with Gasteiger partial charge in [-0.15, -0.1) is 0 Å². The third-order valence-corrected chi connectivity index (χ3v) is 4.73. The van der Waals surface area contributed by atoms with E-state index in [9.17, 15) is 4.79 Å². The molecule has 0 radical (unpaired) electrons. The zero-order valence-electron chi connectivity index (χ0n) is 14.5. The van der Waals surface area contributed by atoms with Gasteiger partial charge in [0.05, 0.1) is 18.1 Å². The van der Waals surface area contributed by atoms with E-state index in [1.165, 1.54) is 17.5 Å². The summed E-state index contributed by atoms with van der Waals surface area (Å²) >= 11 is 1.45. The third kappa shape index (κ3) is 5.39. The van der Waals surface area contributed by atoms with Gasteiger partial charge in [0.1, 0.15) is 0 Å². The SMILES string of the molecule is CCCCn1c(SCC(=O)NOCc2ccccc2)nc(C)c1C. The van der Waals surface area contributed by atoms with Gasteiger partial charge in [0.2, 0.25) is 0 Å². The molecule has 0 aliphatic heterocycles. The van der Waals surface area contributed by atoms with Gasteiger partial charge in [0.15, 0.2) is 5.16 Å². The highest BCUT2D eigenvalue weighted by Crippen LogP contribution is 2.21. The summed E-state index contributed by atoms with van der Waals surface area (Å²) in [6.45, 7) is 7.55. The number of unbranched alkanes of at least 4 members (excludes halogenated alkanes) is 1. The monoisotopic (exact) mass is 347 g/mol. The van der Waals surface area contributed by atoms with E-state index >= 15 is 0 Å². The highest BCUT2D eigenvalue weighted by Gasteiger charge is 2.13. The molecule has 0 saturated heterocycles. The number of hydroxylamine groups is 1. The summed E-state index contributed by atoms with van der Waals surface area (Å²) in [7, 11) is 0. The normalized spacial score (nSPS) is 10.8. The number of aromatic nitrogens is 2. The maximum atomic E-state index is 11.9. The first-order chi connectivity index (χ1) is 11.6. The predicted molar refractivity (Wildman–Crippen MR) is 96.7 cm³/mol. The van der Waals surface area contributed by atoms with Crippen LogP contribution in [0.25, 0.3) is 0 Å². The van der Waals surface area contributed by atoms with E-state index in [2.05, 4.69) is 28.9 Å². The largest absolute Gasteiger partial charge is 0.323 e. The molecule has 1 amide bonds. The van der Waals surface area contributed by atoms with Crippen LogP contribution in [0, 0.1) is 13.8 Å². The lowest BCUT2D eigenvalue weighted by molar-refractivity contribution is -0.131. The van der Waals surface area contributed by atoms with Gasteiger partial charge < -0.3 is 4.57 Å². The van der Waals surface area contributed by atoms with Crippen molar-refractivity contribution in [2.75, 3.05) is 5.75 Å². The number of nitrogens with one attached hydrogen (secondary N) is 1. The summed E-state index contributed by atoms with van der Waals surface area (Å²) in [5.74, 6) is 0.132. The highest BCUT2D eigenvalue weighted by molar-refractivity contribution is 7.99. The first-order valence-electron chi connectivity index (χ1n) is 8.23. The van der Waals surface area contributed by atoms with Crippen LogP contribution in [0.2, 0.25) is 0 Å². The molecular formula is C18H25N3O2S. The molecule has 0 spiro atoms. The molecule has 6 heteroatoms. The fraction of sp³-hybridized carbons (Fsp3) is 0.444. The predicted octanol–water partition coefficient (Wildman–Crippen LogP) is 3.64. The number of nitrogens with zero attached hydrogens (tertiary/aromatic N) is 2. The van der Waals surface area contributed by atoms with Crippen molar-refractivity contribution in [1.82, 2.24) is 15.0 Å². The van der Waals surface area contributed by atoms with Crippen molar-refractivity contribution in [3.8, 4) is 0 Å². The summed E-state index contributed by atoms with van der Waals surface area (Å²) in [4.78, 5) is 21.8. The zero-order chi connectivity index (χ0) is 17.4. The van der Waals surface area contributed by atoms with Crippen LogP contribution < -0.4 is 5.48 Å². The number of hydrogen-bond acceptors (Lipinski definition) is 4. The summed E-state index contributed by atoms with van der Waals surface area (Å²) < 4.78 is 2.20. The van der Waals surface area contributed by atoms with Gasteiger partial charge in [0.25, 0.3) is 5.91 Å². The maximum absolute atomic E-state index is 11.9. The number of benzene rings is 1. The molecule has 2 rings (SSSR count). The molecule has 0 bridgehead atoms. The van der Waals surface area contributed by atoms with Gasteiger partial charge in [-0.1, -0.05) is 55.4 Å². The molecule has 1 aromatic carbocycles. The van der Waals surface area contributed by atoms with Gasteiger partial charge in [0, 0.05) is 12.2 Å². The Morgan fingerprint density at radius 1 is 1.29 bits per heavy atom. The Bertz CT molecular complexity index is 656. The molecular weight excluding hydrogens is 322 g/mol. The van der Waals surface area contributed by atoms with Crippen LogP contribution in [0.4, 0.5) is 0 Å². The molecule has 0 fully saturated rings. The number of imidazole rings is 1. The van der Waals surface area contributed by atoms with E-state index in [1.807, 2.05) is 37.3 Å². The number of thioether (sulfide) groups is 1. The molecule has 24 heavy (non-hydrogen) atoms. The molecule has 0 unspecified atom stereocenters. The third-order valence-electron chi connectivity index (χ3n) is 3.76. The molecule has 0 saturated carbocycles. The first-order valence-corrected chi connectivity index (χ1v) is 9.21. The van der Waals surface area contributed by atoms with Crippen LogP contribution in [0.5, 0.6) is 0 Å². The number of aryl methyl sites for hydroxylation is 1. The Morgan fingerprint density at radius 3 is 2.75 bits per heavy atom. The van der Waals surface area contributed by atoms with E-state index in [1.54, 1.807) is 0 Å². The first kappa shape index (κ1) is 18.5. The highest BCUT2D eigenvalue weighted by atomic mass is 32.2. The Labute approximate surface area is 147 Å². The Morgan fingerprint density at radius 2 is 2.04 bits per heavy atom. The van der Waals surface area contributed by atoms with E-state index in [0.717, 1.165) is 35.8 Å². The van der Waals surface area contributed by atoms with Crippen LogP contribution >= 0.6 is 11.8 Å². The van der Waals surface area contributed by atoms with Gasteiger partial charge >= 0.3 is 0 Å². The summed E-state index contributed by atoms with van der Waals surface area (Å²) in [6.07, 6.45) is 2.24. The number of amides is 1.